The monoisotopic (exact) mass is 219 g/mol. The summed E-state index contributed by atoms with van der Waals surface area (Å²) in [6.45, 7) is 2.05. The summed E-state index contributed by atoms with van der Waals surface area (Å²) < 4.78 is 2.07. The van der Waals surface area contributed by atoms with E-state index < -0.39 is 0 Å². The standard InChI is InChI=1S/C12H17N3O/c1-3-12-14-10-5-4-8(9(13)7-16)6-11(10)15(12)2/h4-6,9,16H,3,7,13H2,1-2H3. The third-order valence-electron chi connectivity index (χ3n) is 2.94. The maximum absolute atomic E-state index is 9.03. The van der Waals surface area contributed by atoms with E-state index in [1.807, 2.05) is 25.2 Å². The number of rotatable bonds is 3. The SMILES string of the molecule is CCc1nc2ccc(C(N)CO)cc2n1C. The number of hydrogen-bond donors (Lipinski definition) is 2. The molecule has 4 nitrogen and oxygen atoms in total. The van der Waals surface area contributed by atoms with Crippen LogP contribution in [0.25, 0.3) is 11.0 Å². The van der Waals surface area contributed by atoms with Crippen molar-refractivity contribution in [2.45, 2.75) is 19.4 Å². The lowest BCUT2D eigenvalue weighted by molar-refractivity contribution is 0.268. The van der Waals surface area contributed by atoms with Gasteiger partial charge in [0.2, 0.25) is 0 Å². The lowest BCUT2D eigenvalue weighted by Crippen LogP contribution is -2.14. The zero-order valence-corrected chi connectivity index (χ0v) is 9.64. The summed E-state index contributed by atoms with van der Waals surface area (Å²) in [5.74, 6) is 1.06. The minimum absolute atomic E-state index is 0.0377. The van der Waals surface area contributed by atoms with Gasteiger partial charge in [-0.2, -0.15) is 0 Å². The van der Waals surface area contributed by atoms with E-state index in [1.165, 1.54) is 0 Å². The summed E-state index contributed by atoms with van der Waals surface area (Å²) in [5, 5.41) is 9.03. The number of aromatic nitrogens is 2. The van der Waals surface area contributed by atoms with Crippen molar-refractivity contribution >= 4 is 11.0 Å². The molecule has 0 aliphatic carbocycles. The van der Waals surface area contributed by atoms with Gasteiger partial charge in [0.25, 0.3) is 0 Å². The Kier molecular flexibility index (Phi) is 2.94. The Labute approximate surface area is 94.7 Å². The molecule has 0 aliphatic rings. The smallest absolute Gasteiger partial charge is 0.109 e. The highest BCUT2D eigenvalue weighted by atomic mass is 16.3. The van der Waals surface area contributed by atoms with Gasteiger partial charge in [-0.25, -0.2) is 4.98 Å². The summed E-state index contributed by atoms with van der Waals surface area (Å²) in [4.78, 5) is 4.52. The molecule has 0 aliphatic heterocycles. The van der Waals surface area contributed by atoms with Crippen LogP contribution < -0.4 is 5.73 Å². The van der Waals surface area contributed by atoms with Crippen molar-refractivity contribution in [1.29, 1.82) is 0 Å². The van der Waals surface area contributed by atoms with Crippen LogP contribution in [0.2, 0.25) is 0 Å². The first-order chi connectivity index (χ1) is 7.67. The number of aliphatic hydroxyl groups excluding tert-OH is 1. The molecule has 86 valence electrons. The number of hydrogen-bond acceptors (Lipinski definition) is 3. The van der Waals surface area contributed by atoms with Crippen molar-refractivity contribution < 1.29 is 5.11 Å². The van der Waals surface area contributed by atoms with E-state index >= 15 is 0 Å². The average molecular weight is 219 g/mol. The lowest BCUT2D eigenvalue weighted by atomic mass is 10.1. The van der Waals surface area contributed by atoms with Gasteiger partial charge >= 0.3 is 0 Å². The molecule has 0 fully saturated rings. The maximum Gasteiger partial charge on any atom is 0.109 e. The van der Waals surface area contributed by atoms with Crippen molar-refractivity contribution in [2.75, 3.05) is 6.61 Å². The van der Waals surface area contributed by atoms with Crippen LogP contribution in [0.5, 0.6) is 0 Å². The molecule has 0 spiro atoms. The third kappa shape index (κ3) is 1.70. The Morgan fingerprint density at radius 1 is 1.50 bits per heavy atom. The third-order valence-corrected chi connectivity index (χ3v) is 2.94. The van der Waals surface area contributed by atoms with Crippen LogP contribution in [-0.4, -0.2) is 21.3 Å². The summed E-state index contributed by atoms with van der Waals surface area (Å²) in [6.07, 6.45) is 0.909. The first kappa shape index (κ1) is 11.1. The normalized spacial score (nSPS) is 13.2. The second-order valence-electron chi connectivity index (χ2n) is 3.98. The zero-order valence-electron chi connectivity index (χ0n) is 9.64. The molecule has 1 aromatic heterocycles. The van der Waals surface area contributed by atoms with Crippen LogP contribution in [-0.2, 0) is 13.5 Å². The minimum Gasteiger partial charge on any atom is -0.394 e. The second-order valence-corrected chi connectivity index (χ2v) is 3.98. The molecular weight excluding hydrogens is 202 g/mol. The highest BCUT2D eigenvalue weighted by molar-refractivity contribution is 5.77. The molecule has 0 amide bonds. The van der Waals surface area contributed by atoms with Crippen LogP contribution in [0.4, 0.5) is 0 Å². The minimum atomic E-state index is -0.315. The van der Waals surface area contributed by atoms with Crippen LogP contribution in [0.15, 0.2) is 18.2 Å². The average Bonchev–Trinajstić information content (AvgIpc) is 2.64. The predicted molar refractivity (Wildman–Crippen MR) is 64.1 cm³/mol. The maximum atomic E-state index is 9.03. The molecule has 1 unspecified atom stereocenters. The van der Waals surface area contributed by atoms with E-state index in [0.717, 1.165) is 28.8 Å². The van der Waals surface area contributed by atoms with Gasteiger partial charge in [-0.1, -0.05) is 13.0 Å². The Morgan fingerprint density at radius 3 is 2.88 bits per heavy atom. The molecule has 3 N–H and O–H groups in total. The molecule has 0 saturated heterocycles. The topological polar surface area (TPSA) is 64.1 Å². The molecule has 1 aromatic carbocycles. The number of benzene rings is 1. The summed E-state index contributed by atoms with van der Waals surface area (Å²) >= 11 is 0. The molecule has 0 radical (unpaired) electrons. The number of nitrogens with zero attached hydrogens (tertiary/aromatic N) is 2. The van der Waals surface area contributed by atoms with Gasteiger partial charge in [-0.3, -0.25) is 0 Å². The predicted octanol–water partition coefficient (Wildman–Crippen LogP) is 1.13. The zero-order chi connectivity index (χ0) is 11.7. The fourth-order valence-corrected chi connectivity index (χ4v) is 1.91. The number of fused-ring (bicyclic) bond motifs is 1. The Morgan fingerprint density at radius 2 is 2.25 bits per heavy atom. The molecule has 4 heteroatoms. The Hall–Kier alpha value is -1.39. The fourth-order valence-electron chi connectivity index (χ4n) is 1.91. The van der Waals surface area contributed by atoms with Crippen LogP contribution in [0.1, 0.15) is 24.4 Å². The van der Waals surface area contributed by atoms with Gasteiger partial charge in [-0.05, 0) is 17.7 Å². The van der Waals surface area contributed by atoms with E-state index in [1.54, 1.807) is 0 Å². The molecule has 1 atom stereocenters. The molecule has 0 bridgehead atoms. The highest BCUT2D eigenvalue weighted by Gasteiger charge is 2.09. The Balaban J connectivity index is 2.56. The summed E-state index contributed by atoms with van der Waals surface area (Å²) in [6, 6.07) is 5.57. The van der Waals surface area contributed by atoms with Crippen molar-refractivity contribution in [3.63, 3.8) is 0 Å². The van der Waals surface area contributed by atoms with Gasteiger partial charge in [0.1, 0.15) is 5.82 Å². The van der Waals surface area contributed by atoms with E-state index in [4.69, 9.17) is 10.8 Å². The number of aliphatic hydroxyl groups is 1. The highest BCUT2D eigenvalue weighted by Crippen LogP contribution is 2.20. The van der Waals surface area contributed by atoms with Crippen molar-refractivity contribution in [3.8, 4) is 0 Å². The van der Waals surface area contributed by atoms with Crippen molar-refractivity contribution in [3.05, 3.63) is 29.6 Å². The van der Waals surface area contributed by atoms with Crippen LogP contribution in [0, 0.1) is 0 Å². The summed E-state index contributed by atoms with van der Waals surface area (Å²) in [7, 11) is 2.00. The molecule has 2 aromatic rings. The summed E-state index contributed by atoms with van der Waals surface area (Å²) in [5.41, 5.74) is 8.79. The van der Waals surface area contributed by atoms with Gasteiger partial charge in [-0.15, -0.1) is 0 Å². The quantitative estimate of drug-likeness (QED) is 0.813. The molecule has 2 rings (SSSR count). The van der Waals surface area contributed by atoms with E-state index in [2.05, 4.69) is 16.5 Å². The lowest BCUT2D eigenvalue weighted by Gasteiger charge is -2.08. The Bertz CT molecular complexity index is 504. The first-order valence-corrected chi connectivity index (χ1v) is 5.49. The number of nitrogens with two attached hydrogens (primary N) is 1. The van der Waals surface area contributed by atoms with E-state index in [-0.39, 0.29) is 12.6 Å². The van der Waals surface area contributed by atoms with Crippen molar-refractivity contribution in [1.82, 2.24) is 9.55 Å². The van der Waals surface area contributed by atoms with Crippen LogP contribution in [0.3, 0.4) is 0 Å². The van der Waals surface area contributed by atoms with E-state index in [9.17, 15) is 0 Å². The fraction of sp³-hybridized carbons (Fsp3) is 0.417. The molecule has 0 saturated carbocycles. The molecular formula is C12H17N3O. The van der Waals surface area contributed by atoms with Gasteiger partial charge < -0.3 is 15.4 Å². The molecule has 16 heavy (non-hydrogen) atoms. The number of aryl methyl sites for hydroxylation is 2. The number of imidazole rings is 1. The molecule has 1 heterocycles. The first-order valence-electron chi connectivity index (χ1n) is 5.49. The van der Waals surface area contributed by atoms with Gasteiger partial charge in [0, 0.05) is 13.5 Å². The second kappa shape index (κ2) is 4.23. The van der Waals surface area contributed by atoms with Gasteiger partial charge in [0.15, 0.2) is 0 Å². The largest absolute Gasteiger partial charge is 0.394 e. The van der Waals surface area contributed by atoms with Crippen molar-refractivity contribution in [2.24, 2.45) is 12.8 Å². The van der Waals surface area contributed by atoms with Gasteiger partial charge in [0.05, 0.1) is 23.7 Å². The van der Waals surface area contributed by atoms with Crippen LogP contribution >= 0.6 is 0 Å². The van der Waals surface area contributed by atoms with E-state index in [0.29, 0.717) is 0 Å².